The van der Waals surface area contributed by atoms with Gasteiger partial charge < -0.3 is 18.9 Å². The first-order valence-corrected chi connectivity index (χ1v) is 14.3. The molecule has 4 aromatic carbocycles. The van der Waals surface area contributed by atoms with E-state index in [0.717, 1.165) is 16.7 Å². The van der Waals surface area contributed by atoms with Crippen molar-refractivity contribution in [1.29, 1.82) is 0 Å². The second-order valence-electron chi connectivity index (χ2n) is 10.3. The molecule has 0 amide bonds. The zero-order valence-corrected chi connectivity index (χ0v) is 23.4. The summed E-state index contributed by atoms with van der Waals surface area (Å²) in [6.45, 7) is 3.51. The van der Waals surface area contributed by atoms with E-state index in [4.69, 9.17) is 18.9 Å². The van der Waals surface area contributed by atoms with Crippen molar-refractivity contribution in [3.05, 3.63) is 149 Å². The number of hydrogen-bond donors (Lipinski definition) is 0. The van der Waals surface area contributed by atoms with Crippen LogP contribution in [0.5, 0.6) is 0 Å². The molecular formula is C36H37FO4. The van der Waals surface area contributed by atoms with Gasteiger partial charge in [0.25, 0.3) is 0 Å². The summed E-state index contributed by atoms with van der Waals surface area (Å²) in [5, 5.41) is 0. The minimum Gasteiger partial charge on any atom is -0.484 e. The molecule has 1 aliphatic rings. The highest BCUT2D eigenvalue weighted by molar-refractivity contribution is 5.62. The number of benzene rings is 4. The molecule has 212 valence electrons. The lowest BCUT2D eigenvalue weighted by Gasteiger charge is -2.44. The Morgan fingerprint density at radius 2 is 1.15 bits per heavy atom. The Hall–Kier alpha value is -3.77. The highest BCUT2D eigenvalue weighted by Crippen LogP contribution is 2.40. The highest BCUT2D eigenvalue weighted by atomic mass is 19.1. The number of halogens is 1. The van der Waals surface area contributed by atoms with Gasteiger partial charge in [-0.2, -0.15) is 0 Å². The maximum absolute atomic E-state index is 16.2. The lowest BCUT2D eigenvalue weighted by atomic mass is 9.85. The van der Waals surface area contributed by atoms with Gasteiger partial charge in [0.05, 0.1) is 26.4 Å². The Balaban J connectivity index is 1.45. The predicted molar refractivity (Wildman–Crippen MR) is 159 cm³/mol. The zero-order valence-electron chi connectivity index (χ0n) is 23.4. The summed E-state index contributed by atoms with van der Waals surface area (Å²) in [5.41, 5.74) is 3.59. The molecule has 4 aromatic rings. The van der Waals surface area contributed by atoms with Gasteiger partial charge in [-0.05, 0) is 23.1 Å². The van der Waals surface area contributed by atoms with Crippen molar-refractivity contribution in [2.75, 3.05) is 6.61 Å². The van der Waals surface area contributed by atoms with Crippen LogP contribution < -0.4 is 0 Å². The molecular weight excluding hydrogens is 515 g/mol. The third kappa shape index (κ3) is 7.70. The quantitative estimate of drug-likeness (QED) is 0.178. The van der Waals surface area contributed by atoms with Crippen molar-refractivity contribution in [1.82, 2.24) is 0 Å². The maximum Gasteiger partial charge on any atom is 0.170 e. The van der Waals surface area contributed by atoms with Crippen LogP contribution in [-0.2, 0) is 38.8 Å². The van der Waals surface area contributed by atoms with Gasteiger partial charge in [-0.15, -0.1) is 0 Å². The van der Waals surface area contributed by atoms with Crippen LogP contribution in [0.4, 0.5) is 4.39 Å². The molecule has 5 heteroatoms. The molecule has 0 bridgehead atoms. The fourth-order valence-electron chi connectivity index (χ4n) is 5.24. The van der Waals surface area contributed by atoms with Crippen LogP contribution in [0.1, 0.15) is 35.6 Å². The zero-order chi connectivity index (χ0) is 28.3. The molecule has 0 spiro atoms. The number of hydrogen-bond acceptors (Lipinski definition) is 4. The van der Waals surface area contributed by atoms with Gasteiger partial charge in [-0.3, -0.25) is 0 Å². The van der Waals surface area contributed by atoms with Crippen LogP contribution in [0, 0.1) is 5.92 Å². The van der Waals surface area contributed by atoms with Gasteiger partial charge in [-0.1, -0.05) is 128 Å². The fraction of sp³-hybridized carbons (Fsp3) is 0.278. The van der Waals surface area contributed by atoms with Crippen molar-refractivity contribution < 1.29 is 23.3 Å². The summed E-state index contributed by atoms with van der Waals surface area (Å²) in [4.78, 5) is 0. The van der Waals surface area contributed by atoms with Crippen molar-refractivity contribution in [3.63, 3.8) is 0 Å². The molecule has 0 unspecified atom stereocenters. The average Bonchev–Trinajstić information content (AvgIpc) is 3.04. The lowest BCUT2D eigenvalue weighted by Crippen LogP contribution is -2.52. The van der Waals surface area contributed by atoms with E-state index >= 15 is 4.39 Å². The van der Waals surface area contributed by atoms with E-state index in [-0.39, 0.29) is 24.4 Å². The van der Waals surface area contributed by atoms with E-state index in [9.17, 15) is 0 Å². The van der Waals surface area contributed by atoms with Crippen molar-refractivity contribution in [3.8, 4) is 0 Å². The van der Waals surface area contributed by atoms with E-state index in [2.05, 4.69) is 6.92 Å². The number of ether oxygens (including phenoxy) is 4. The number of rotatable bonds is 12. The van der Waals surface area contributed by atoms with Crippen LogP contribution in [-0.4, -0.2) is 24.9 Å². The summed E-state index contributed by atoms with van der Waals surface area (Å²) >= 11 is 0. The Kier molecular flexibility index (Phi) is 10.3. The third-order valence-corrected chi connectivity index (χ3v) is 7.38. The molecule has 0 saturated carbocycles. The molecule has 1 saturated heterocycles. The topological polar surface area (TPSA) is 36.9 Å². The second kappa shape index (κ2) is 14.7. The fourth-order valence-corrected chi connectivity index (χ4v) is 5.24. The summed E-state index contributed by atoms with van der Waals surface area (Å²) in [6, 6.07) is 39.0. The molecule has 1 aliphatic heterocycles. The van der Waals surface area contributed by atoms with Gasteiger partial charge in [0.1, 0.15) is 18.3 Å². The van der Waals surface area contributed by atoms with Gasteiger partial charge in [0, 0.05) is 11.5 Å². The van der Waals surface area contributed by atoms with Crippen LogP contribution in [0.3, 0.4) is 0 Å². The second-order valence-corrected chi connectivity index (χ2v) is 10.3. The van der Waals surface area contributed by atoms with E-state index in [1.807, 2.05) is 109 Å². The molecule has 0 radical (unpaired) electrons. The summed E-state index contributed by atoms with van der Waals surface area (Å²) in [7, 11) is 0. The Labute approximate surface area is 242 Å². The van der Waals surface area contributed by atoms with Gasteiger partial charge in [0.15, 0.2) is 11.6 Å². The van der Waals surface area contributed by atoms with Gasteiger partial charge in [-0.25, -0.2) is 4.39 Å². The smallest absolute Gasteiger partial charge is 0.170 e. The molecule has 4 atom stereocenters. The Bertz CT molecular complexity index is 1350. The molecule has 5 rings (SSSR count). The highest BCUT2D eigenvalue weighted by Gasteiger charge is 2.46. The maximum atomic E-state index is 16.2. The summed E-state index contributed by atoms with van der Waals surface area (Å²) < 4.78 is 41.9. The molecule has 41 heavy (non-hydrogen) atoms. The molecule has 0 aliphatic carbocycles. The standard InChI is InChI=1S/C36H37FO4/c1-2-31-34(39-24-28-17-9-4-10-18-28)32(26-38-23-27-15-7-3-8-16-27)41-36(33(37)30-21-13-6-14-22-30)35(31)40-25-29-19-11-5-12-20-29/h3-22,31-32,34-35H,2,23-26H2,1H3/b36-33-/t31-,32+,34-,35+/m0/s1. The predicted octanol–water partition coefficient (Wildman–Crippen LogP) is 8.14. The molecule has 4 nitrogen and oxygen atoms in total. The first-order chi connectivity index (χ1) is 20.2. The van der Waals surface area contributed by atoms with Gasteiger partial charge in [0.2, 0.25) is 0 Å². The minimum absolute atomic E-state index is 0.161. The largest absolute Gasteiger partial charge is 0.484 e. The van der Waals surface area contributed by atoms with Crippen molar-refractivity contribution >= 4 is 5.83 Å². The normalized spacial score (nSPS) is 21.7. The summed E-state index contributed by atoms with van der Waals surface area (Å²) in [5.74, 6) is -0.380. The van der Waals surface area contributed by atoms with Crippen LogP contribution in [0.15, 0.2) is 127 Å². The Morgan fingerprint density at radius 1 is 0.659 bits per heavy atom. The summed E-state index contributed by atoms with van der Waals surface area (Å²) in [6.07, 6.45) is -0.813. The minimum atomic E-state index is -0.633. The van der Waals surface area contributed by atoms with E-state index in [1.54, 1.807) is 12.1 Å². The molecule has 0 aromatic heterocycles. The first kappa shape index (κ1) is 28.7. The first-order valence-electron chi connectivity index (χ1n) is 14.3. The SMILES string of the molecule is CC[C@H]1[C@H](OCc2ccccc2)[C@@H](COCc2ccccc2)O/C(=C(\F)c2ccccc2)[C@@H]1OCc1ccccc1. The third-order valence-electron chi connectivity index (χ3n) is 7.38. The van der Waals surface area contributed by atoms with Gasteiger partial charge >= 0.3 is 0 Å². The van der Waals surface area contributed by atoms with Crippen LogP contribution >= 0.6 is 0 Å². The van der Waals surface area contributed by atoms with Crippen LogP contribution in [0.25, 0.3) is 5.83 Å². The van der Waals surface area contributed by atoms with E-state index in [0.29, 0.717) is 31.8 Å². The van der Waals surface area contributed by atoms with Crippen molar-refractivity contribution in [2.45, 2.75) is 51.5 Å². The lowest BCUT2D eigenvalue weighted by molar-refractivity contribution is -0.183. The molecule has 1 fully saturated rings. The van der Waals surface area contributed by atoms with E-state index < -0.39 is 18.0 Å². The molecule has 1 heterocycles. The Morgan fingerprint density at radius 3 is 1.68 bits per heavy atom. The van der Waals surface area contributed by atoms with Crippen LogP contribution in [0.2, 0.25) is 0 Å². The monoisotopic (exact) mass is 552 g/mol. The van der Waals surface area contributed by atoms with E-state index in [1.165, 1.54) is 0 Å². The van der Waals surface area contributed by atoms with Crippen molar-refractivity contribution in [2.24, 2.45) is 5.92 Å². The average molecular weight is 553 g/mol. The molecule has 0 N–H and O–H groups in total.